The number of aromatic nitrogens is 1. The van der Waals surface area contributed by atoms with Gasteiger partial charge in [-0.3, -0.25) is 5.43 Å². The Hall–Kier alpha value is -2.40. The zero-order valence-corrected chi connectivity index (χ0v) is 11.8. The Kier molecular flexibility index (Phi) is 3.35. The van der Waals surface area contributed by atoms with E-state index in [0.717, 1.165) is 32.3 Å². The molecule has 0 aliphatic rings. The molecule has 0 spiro atoms. The van der Waals surface area contributed by atoms with Crippen LogP contribution in [0.5, 0.6) is 0 Å². The molecule has 0 saturated heterocycles. The molecule has 2 aromatic carbocycles. The van der Waals surface area contributed by atoms with Crippen molar-refractivity contribution in [3.63, 3.8) is 0 Å². The molecular weight excluding hydrogens is 268 g/mol. The van der Waals surface area contributed by atoms with Crippen LogP contribution in [0.4, 0.5) is 10.8 Å². The standard InChI is InChI=1S/C15H14N4S/c1-10(11-6-8-12(16)9-7-11)18-19-15-17-13-4-2-3-5-14(13)20-15/h2-9H,16H2,1H3,(H,17,19). The van der Waals surface area contributed by atoms with E-state index in [0.29, 0.717) is 0 Å². The summed E-state index contributed by atoms with van der Waals surface area (Å²) in [6.45, 7) is 1.95. The molecule has 0 saturated carbocycles. The highest BCUT2D eigenvalue weighted by Crippen LogP contribution is 2.25. The van der Waals surface area contributed by atoms with Gasteiger partial charge in [0.25, 0.3) is 0 Å². The summed E-state index contributed by atoms with van der Waals surface area (Å²) in [5.41, 5.74) is 12.3. The van der Waals surface area contributed by atoms with E-state index in [9.17, 15) is 0 Å². The summed E-state index contributed by atoms with van der Waals surface area (Å²) < 4.78 is 1.15. The molecular formula is C15H14N4S. The smallest absolute Gasteiger partial charge is 0.204 e. The maximum Gasteiger partial charge on any atom is 0.204 e. The van der Waals surface area contributed by atoms with Crippen LogP contribution < -0.4 is 11.2 Å². The number of nitrogens with one attached hydrogen (secondary N) is 1. The Morgan fingerprint density at radius 2 is 1.90 bits per heavy atom. The normalized spacial score (nSPS) is 11.8. The summed E-state index contributed by atoms with van der Waals surface area (Å²) in [5, 5.41) is 5.16. The number of hydrogen-bond donors (Lipinski definition) is 2. The van der Waals surface area contributed by atoms with Gasteiger partial charge in [-0.1, -0.05) is 35.6 Å². The molecule has 3 rings (SSSR count). The van der Waals surface area contributed by atoms with Gasteiger partial charge in [0.15, 0.2) is 0 Å². The number of rotatable bonds is 3. The van der Waals surface area contributed by atoms with Gasteiger partial charge < -0.3 is 5.73 Å². The van der Waals surface area contributed by atoms with Gasteiger partial charge in [-0.05, 0) is 36.8 Å². The first kappa shape index (κ1) is 12.6. The molecule has 1 aromatic heterocycles. The Labute approximate surface area is 121 Å². The van der Waals surface area contributed by atoms with Gasteiger partial charge in [0.2, 0.25) is 5.13 Å². The number of hydrogen-bond acceptors (Lipinski definition) is 5. The van der Waals surface area contributed by atoms with E-state index < -0.39 is 0 Å². The predicted molar refractivity (Wildman–Crippen MR) is 86.3 cm³/mol. The summed E-state index contributed by atoms with van der Waals surface area (Å²) in [4.78, 5) is 4.47. The SMILES string of the molecule is CC(=NNc1nc2ccccc2s1)c1ccc(N)cc1. The molecule has 0 radical (unpaired) electrons. The molecule has 0 atom stereocenters. The van der Waals surface area contributed by atoms with Crippen LogP contribution in [0.25, 0.3) is 10.2 Å². The van der Waals surface area contributed by atoms with Crippen molar-refractivity contribution in [1.29, 1.82) is 0 Å². The Morgan fingerprint density at radius 1 is 1.15 bits per heavy atom. The summed E-state index contributed by atoms with van der Waals surface area (Å²) in [5.74, 6) is 0. The van der Waals surface area contributed by atoms with Crippen LogP contribution >= 0.6 is 11.3 Å². The Bertz CT molecular complexity index is 726. The molecule has 0 aliphatic carbocycles. The second-order valence-electron chi connectivity index (χ2n) is 4.42. The van der Waals surface area contributed by atoms with E-state index in [1.165, 1.54) is 0 Å². The lowest BCUT2D eigenvalue weighted by molar-refractivity contribution is 1.29. The number of hydrazone groups is 1. The number of nitrogen functional groups attached to an aromatic ring is 1. The van der Waals surface area contributed by atoms with Gasteiger partial charge in [0.05, 0.1) is 15.9 Å². The number of benzene rings is 2. The largest absolute Gasteiger partial charge is 0.399 e. The van der Waals surface area contributed by atoms with Gasteiger partial charge in [-0.2, -0.15) is 5.10 Å². The van der Waals surface area contributed by atoms with E-state index in [1.54, 1.807) is 11.3 Å². The van der Waals surface area contributed by atoms with E-state index in [2.05, 4.69) is 21.6 Å². The van der Waals surface area contributed by atoms with E-state index in [1.807, 2.05) is 49.4 Å². The second-order valence-corrected chi connectivity index (χ2v) is 5.45. The molecule has 0 bridgehead atoms. The average molecular weight is 282 g/mol. The highest BCUT2D eigenvalue weighted by molar-refractivity contribution is 7.22. The number of para-hydroxylation sites is 1. The fraction of sp³-hybridized carbons (Fsp3) is 0.0667. The maximum atomic E-state index is 5.67. The molecule has 3 N–H and O–H groups in total. The van der Waals surface area contributed by atoms with Crippen molar-refractivity contribution in [2.24, 2.45) is 5.10 Å². The number of anilines is 2. The van der Waals surface area contributed by atoms with E-state index in [4.69, 9.17) is 5.73 Å². The lowest BCUT2D eigenvalue weighted by Crippen LogP contribution is -1.99. The van der Waals surface area contributed by atoms with Crippen LogP contribution in [0, 0.1) is 0 Å². The number of nitrogens with zero attached hydrogens (tertiary/aromatic N) is 2. The van der Waals surface area contributed by atoms with Crippen molar-refractivity contribution >= 4 is 38.1 Å². The Morgan fingerprint density at radius 3 is 2.65 bits per heavy atom. The monoisotopic (exact) mass is 282 g/mol. The van der Waals surface area contributed by atoms with Gasteiger partial charge in [-0.15, -0.1) is 0 Å². The van der Waals surface area contributed by atoms with Crippen LogP contribution in [0.3, 0.4) is 0 Å². The van der Waals surface area contributed by atoms with Crippen LogP contribution in [0.2, 0.25) is 0 Å². The fourth-order valence-corrected chi connectivity index (χ4v) is 2.65. The molecule has 0 aliphatic heterocycles. The highest BCUT2D eigenvalue weighted by Gasteiger charge is 2.02. The lowest BCUT2D eigenvalue weighted by atomic mass is 10.1. The fourth-order valence-electron chi connectivity index (χ4n) is 1.84. The van der Waals surface area contributed by atoms with Crippen LogP contribution in [-0.2, 0) is 0 Å². The summed E-state index contributed by atoms with van der Waals surface area (Å²) in [6.07, 6.45) is 0. The van der Waals surface area contributed by atoms with Gasteiger partial charge in [0, 0.05) is 5.69 Å². The second kappa shape index (κ2) is 5.30. The molecule has 0 fully saturated rings. The van der Waals surface area contributed by atoms with Crippen LogP contribution in [0.1, 0.15) is 12.5 Å². The van der Waals surface area contributed by atoms with Crippen molar-refractivity contribution in [2.45, 2.75) is 6.92 Å². The van der Waals surface area contributed by atoms with Gasteiger partial charge >= 0.3 is 0 Å². The molecule has 1 heterocycles. The first-order chi connectivity index (χ1) is 9.72. The first-order valence-electron chi connectivity index (χ1n) is 6.24. The molecule has 5 heteroatoms. The molecule has 3 aromatic rings. The zero-order valence-electron chi connectivity index (χ0n) is 11.0. The third-order valence-corrected chi connectivity index (χ3v) is 3.88. The zero-order chi connectivity index (χ0) is 13.9. The molecule has 0 amide bonds. The minimum Gasteiger partial charge on any atom is -0.399 e. The van der Waals surface area contributed by atoms with Crippen molar-refractivity contribution in [1.82, 2.24) is 4.98 Å². The third kappa shape index (κ3) is 2.62. The highest BCUT2D eigenvalue weighted by atomic mass is 32.1. The third-order valence-electron chi connectivity index (χ3n) is 2.94. The van der Waals surface area contributed by atoms with Gasteiger partial charge in [0.1, 0.15) is 0 Å². The van der Waals surface area contributed by atoms with Gasteiger partial charge in [-0.25, -0.2) is 4.98 Å². The minimum atomic E-state index is 0.751. The summed E-state index contributed by atoms with van der Waals surface area (Å²) >= 11 is 1.59. The van der Waals surface area contributed by atoms with Crippen molar-refractivity contribution in [3.8, 4) is 0 Å². The summed E-state index contributed by atoms with van der Waals surface area (Å²) in [6, 6.07) is 15.7. The van der Waals surface area contributed by atoms with E-state index >= 15 is 0 Å². The molecule has 4 nitrogen and oxygen atoms in total. The minimum absolute atomic E-state index is 0.751. The van der Waals surface area contributed by atoms with E-state index in [-0.39, 0.29) is 0 Å². The van der Waals surface area contributed by atoms with Crippen LogP contribution in [-0.4, -0.2) is 10.7 Å². The Balaban J connectivity index is 1.80. The topological polar surface area (TPSA) is 63.3 Å². The summed E-state index contributed by atoms with van der Waals surface area (Å²) in [7, 11) is 0. The van der Waals surface area contributed by atoms with Crippen LogP contribution in [0.15, 0.2) is 53.6 Å². The first-order valence-corrected chi connectivity index (χ1v) is 7.06. The number of nitrogens with two attached hydrogens (primary N) is 1. The lowest BCUT2D eigenvalue weighted by Gasteiger charge is -2.01. The quantitative estimate of drug-likeness (QED) is 0.437. The predicted octanol–water partition coefficient (Wildman–Crippen LogP) is 3.71. The molecule has 100 valence electrons. The maximum absolute atomic E-state index is 5.67. The van der Waals surface area contributed by atoms with Crippen molar-refractivity contribution in [3.05, 3.63) is 54.1 Å². The molecule has 0 unspecified atom stereocenters. The number of thiazole rings is 1. The average Bonchev–Trinajstić information content (AvgIpc) is 2.88. The number of fused-ring (bicyclic) bond motifs is 1. The molecule has 20 heavy (non-hydrogen) atoms. The van der Waals surface area contributed by atoms with Crippen molar-refractivity contribution in [2.75, 3.05) is 11.2 Å². The van der Waals surface area contributed by atoms with Crippen molar-refractivity contribution < 1.29 is 0 Å².